The van der Waals surface area contributed by atoms with Crippen LogP contribution in [0.25, 0.3) is 49.7 Å². The van der Waals surface area contributed by atoms with E-state index in [1.807, 2.05) is 0 Å². The van der Waals surface area contributed by atoms with Crippen LogP contribution in [0.3, 0.4) is 0 Å². The number of imidazole rings is 1. The lowest BCUT2D eigenvalue weighted by Gasteiger charge is -2.20. The Hall–Kier alpha value is -3.72. The highest BCUT2D eigenvalue weighted by atomic mass is 15.1. The Morgan fingerprint density at radius 3 is 2.09 bits per heavy atom. The maximum atomic E-state index is 5.46. The first-order chi connectivity index (χ1) is 16.9. The van der Waals surface area contributed by atoms with Gasteiger partial charge in [0, 0.05) is 10.9 Å². The van der Waals surface area contributed by atoms with E-state index >= 15 is 0 Å². The number of aryl methyl sites for hydroxylation is 2. The van der Waals surface area contributed by atoms with Crippen molar-refractivity contribution in [1.82, 2.24) is 9.38 Å². The molecule has 6 aromatic rings. The quantitative estimate of drug-likeness (QED) is 0.195. The minimum atomic E-state index is 0.425. The van der Waals surface area contributed by atoms with Gasteiger partial charge in [-0.3, -0.25) is 0 Å². The normalized spacial score (nSPS) is 12.2. The number of para-hydroxylation sites is 3. The number of benzene rings is 3. The van der Waals surface area contributed by atoms with Gasteiger partial charge in [0.05, 0.1) is 23.6 Å². The molecule has 0 radical (unpaired) electrons. The van der Waals surface area contributed by atoms with Crippen molar-refractivity contribution in [2.45, 2.75) is 46.5 Å². The summed E-state index contributed by atoms with van der Waals surface area (Å²) >= 11 is 0. The molecule has 0 unspecified atom stereocenters. The molecule has 3 aromatic heterocycles. The highest BCUT2D eigenvalue weighted by Crippen LogP contribution is 2.39. The third-order valence-electron chi connectivity index (χ3n) is 7.48. The van der Waals surface area contributed by atoms with Gasteiger partial charge in [0.1, 0.15) is 5.52 Å². The van der Waals surface area contributed by atoms with E-state index in [0.29, 0.717) is 11.8 Å². The number of nitrogens with zero attached hydrogens (tertiary/aromatic N) is 3. The summed E-state index contributed by atoms with van der Waals surface area (Å²) < 4.78 is 4.73. The van der Waals surface area contributed by atoms with E-state index in [4.69, 9.17) is 4.98 Å². The second-order valence-electron chi connectivity index (χ2n) is 10.4. The van der Waals surface area contributed by atoms with Crippen LogP contribution in [-0.2, 0) is 7.05 Å². The molecule has 3 nitrogen and oxygen atoms in total. The van der Waals surface area contributed by atoms with E-state index in [1.165, 1.54) is 55.2 Å². The van der Waals surface area contributed by atoms with Gasteiger partial charge in [-0.1, -0.05) is 70.2 Å². The van der Waals surface area contributed by atoms with Crippen molar-refractivity contribution in [3.05, 3.63) is 89.5 Å². The molecule has 0 spiro atoms. The molecule has 0 atom stereocenters. The Morgan fingerprint density at radius 1 is 0.771 bits per heavy atom. The van der Waals surface area contributed by atoms with Crippen molar-refractivity contribution in [3.63, 3.8) is 0 Å². The Kier molecular flexibility index (Phi) is 4.93. The van der Waals surface area contributed by atoms with Crippen molar-refractivity contribution >= 4 is 38.5 Å². The predicted octanol–water partition coefficient (Wildman–Crippen LogP) is 7.84. The number of rotatable bonds is 3. The monoisotopic (exact) mass is 458 g/mol. The molecule has 0 saturated heterocycles. The molecule has 0 fully saturated rings. The fraction of sp³-hybridized carbons (Fsp3) is 0.250. The van der Waals surface area contributed by atoms with E-state index in [2.05, 4.69) is 123 Å². The van der Waals surface area contributed by atoms with Crippen LogP contribution in [0.15, 0.2) is 72.8 Å². The maximum absolute atomic E-state index is 5.46. The molecule has 3 aromatic carbocycles. The molecule has 0 amide bonds. The minimum Gasteiger partial charge on any atom is -0.247 e. The molecule has 0 aliphatic carbocycles. The van der Waals surface area contributed by atoms with Crippen molar-refractivity contribution in [2.24, 2.45) is 7.05 Å². The van der Waals surface area contributed by atoms with Gasteiger partial charge in [0.2, 0.25) is 0 Å². The lowest BCUT2D eigenvalue weighted by Crippen LogP contribution is -2.27. The summed E-state index contributed by atoms with van der Waals surface area (Å²) in [6, 6.07) is 26.4. The molecular formula is C32H32N3+. The van der Waals surface area contributed by atoms with Gasteiger partial charge in [0.25, 0.3) is 5.65 Å². The van der Waals surface area contributed by atoms with Crippen LogP contribution >= 0.6 is 0 Å². The SMILES string of the molecule is Cc1cc(-c2c(C(C)C)cccc2C(C)C)nc2c3ccccc3n3c4ccccc4[n+](C)c3c12. The predicted molar refractivity (Wildman–Crippen MR) is 147 cm³/mol. The van der Waals surface area contributed by atoms with Crippen LogP contribution in [0, 0.1) is 6.92 Å². The average Bonchev–Trinajstić information content (AvgIpc) is 3.16. The lowest BCUT2D eigenvalue weighted by molar-refractivity contribution is -0.617. The smallest absolute Gasteiger partial charge is 0.247 e. The number of fused-ring (bicyclic) bond motifs is 8. The molecule has 174 valence electrons. The Morgan fingerprint density at radius 2 is 1.40 bits per heavy atom. The summed E-state index contributed by atoms with van der Waals surface area (Å²) in [5.74, 6) is 0.851. The lowest BCUT2D eigenvalue weighted by atomic mass is 9.86. The van der Waals surface area contributed by atoms with E-state index in [-0.39, 0.29) is 0 Å². The van der Waals surface area contributed by atoms with Gasteiger partial charge < -0.3 is 0 Å². The third kappa shape index (κ3) is 3.11. The van der Waals surface area contributed by atoms with Gasteiger partial charge in [-0.05, 0) is 65.8 Å². The first kappa shape index (κ1) is 21.8. The van der Waals surface area contributed by atoms with Crippen molar-refractivity contribution in [2.75, 3.05) is 0 Å². The summed E-state index contributed by atoms with van der Waals surface area (Å²) in [6.45, 7) is 11.4. The number of hydrogen-bond acceptors (Lipinski definition) is 1. The second-order valence-corrected chi connectivity index (χ2v) is 10.4. The molecule has 3 heterocycles. The number of aromatic nitrogens is 3. The molecule has 3 heteroatoms. The first-order valence-corrected chi connectivity index (χ1v) is 12.6. The highest BCUT2D eigenvalue weighted by molar-refractivity contribution is 6.12. The Balaban J connectivity index is 1.83. The van der Waals surface area contributed by atoms with E-state index < -0.39 is 0 Å². The molecule has 0 N–H and O–H groups in total. The van der Waals surface area contributed by atoms with Gasteiger partial charge in [-0.25, -0.2) is 9.55 Å². The molecule has 0 aliphatic rings. The maximum Gasteiger partial charge on any atom is 0.297 e. The van der Waals surface area contributed by atoms with Gasteiger partial charge in [-0.15, -0.1) is 0 Å². The van der Waals surface area contributed by atoms with Crippen LogP contribution in [0.1, 0.15) is 56.2 Å². The van der Waals surface area contributed by atoms with E-state index in [0.717, 1.165) is 11.2 Å². The van der Waals surface area contributed by atoms with Crippen LogP contribution in [0.5, 0.6) is 0 Å². The summed E-state index contributed by atoms with van der Waals surface area (Å²) in [7, 11) is 2.17. The number of pyridine rings is 2. The summed E-state index contributed by atoms with van der Waals surface area (Å²) in [6.07, 6.45) is 0. The second kappa shape index (κ2) is 7.91. The van der Waals surface area contributed by atoms with Crippen LogP contribution in [-0.4, -0.2) is 9.38 Å². The van der Waals surface area contributed by atoms with Gasteiger partial charge >= 0.3 is 0 Å². The fourth-order valence-electron chi connectivity index (χ4n) is 5.83. The molecular weight excluding hydrogens is 426 g/mol. The first-order valence-electron chi connectivity index (χ1n) is 12.6. The van der Waals surface area contributed by atoms with Crippen LogP contribution in [0.2, 0.25) is 0 Å². The van der Waals surface area contributed by atoms with Gasteiger partial charge in [-0.2, -0.15) is 4.40 Å². The van der Waals surface area contributed by atoms with E-state index in [9.17, 15) is 0 Å². The van der Waals surface area contributed by atoms with Crippen LogP contribution in [0.4, 0.5) is 0 Å². The topological polar surface area (TPSA) is 21.2 Å². The molecule has 0 saturated carbocycles. The number of hydrogen-bond donors (Lipinski definition) is 0. The zero-order chi connectivity index (χ0) is 24.4. The molecule has 0 aliphatic heterocycles. The zero-order valence-electron chi connectivity index (χ0n) is 21.4. The Labute approximate surface area is 206 Å². The minimum absolute atomic E-state index is 0.425. The van der Waals surface area contributed by atoms with Crippen molar-refractivity contribution < 1.29 is 4.57 Å². The van der Waals surface area contributed by atoms with Crippen molar-refractivity contribution in [3.8, 4) is 11.3 Å². The summed E-state index contributed by atoms with van der Waals surface area (Å²) in [5.41, 5.74) is 12.3. The highest BCUT2D eigenvalue weighted by Gasteiger charge is 2.26. The van der Waals surface area contributed by atoms with Gasteiger partial charge in [0.15, 0.2) is 11.0 Å². The van der Waals surface area contributed by atoms with Crippen molar-refractivity contribution in [1.29, 1.82) is 0 Å². The summed E-state index contributed by atoms with van der Waals surface area (Å²) in [5, 5.41) is 2.41. The molecule has 0 bridgehead atoms. The van der Waals surface area contributed by atoms with E-state index in [1.54, 1.807) is 0 Å². The Bertz CT molecular complexity index is 1740. The molecule has 35 heavy (non-hydrogen) atoms. The molecule has 6 rings (SSSR count). The third-order valence-corrected chi connectivity index (χ3v) is 7.48. The average molecular weight is 459 g/mol. The fourth-order valence-corrected chi connectivity index (χ4v) is 5.83. The largest absolute Gasteiger partial charge is 0.297 e. The summed E-state index contributed by atoms with van der Waals surface area (Å²) in [4.78, 5) is 5.46. The van der Waals surface area contributed by atoms with Crippen LogP contribution < -0.4 is 4.57 Å². The zero-order valence-corrected chi connectivity index (χ0v) is 21.4. The standard InChI is InChI=1S/C32H32N3/c1-19(2)22-13-11-14-23(20(3)4)30(22)25-18-21(5)29-31(33-25)24-12-7-8-15-26(24)35-28-17-10-9-16-27(28)34(6)32(29)35/h7-20H,1-6H3/q+1.